The molecule has 1 amide bonds. The van der Waals surface area contributed by atoms with Gasteiger partial charge in [0.2, 0.25) is 5.91 Å². The van der Waals surface area contributed by atoms with Crippen LogP contribution in [0.2, 0.25) is 5.02 Å². The van der Waals surface area contributed by atoms with Crippen LogP contribution < -0.4 is 10.6 Å². The first kappa shape index (κ1) is 21.3. The van der Waals surface area contributed by atoms with Crippen LogP contribution in [0.1, 0.15) is 20.8 Å². The van der Waals surface area contributed by atoms with Crippen LogP contribution in [0, 0.1) is 0 Å². The van der Waals surface area contributed by atoms with Gasteiger partial charge in [0.1, 0.15) is 5.54 Å². The Labute approximate surface area is 168 Å². The van der Waals surface area contributed by atoms with Gasteiger partial charge in [0, 0.05) is 14.8 Å². The Hall–Kier alpha value is -2.02. The minimum atomic E-state index is -0.940. The number of anilines is 1. The monoisotopic (exact) mass is 406 g/mol. The highest BCUT2D eigenvalue weighted by atomic mass is 35.5. The maximum absolute atomic E-state index is 12.3. The zero-order valence-corrected chi connectivity index (χ0v) is 17.1. The van der Waals surface area contributed by atoms with Gasteiger partial charge >= 0.3 is 5.97 Å². The summed E-state index contributed by atoms with van der Waals surface area (Å²) < 4.78 is 5.01. The third-order valence-electron chi connectivity index (χ3n) is 3.68. The van der Waals surface area contributed by atoms with Crippen molar-refractivity contribution < 1.29 is 14.3 Å². The average Bonchev–Trinajstić information content (AvgIpc) is 2.64. The van der Waals surface area contributed by atoms with E-state index in [1.54, 1.807) is 20.8 Å². The molecule has 2 aromatic rings. The number of para-hydroxylation sites is 1. The van der Waals surface area contributed by atoms with Crippen LogP contribution in [0.4, 0.5) is 5.69 Å². The number of nitrogens with one attached hydrogen (secondary N) is 2. The molecule has 0 spiro atoms. The summed E-state index contributed by atoms with van der Waals surface area (Å²) in [6.07, 6.45) is 0. The van der Waals surface area contributed by atoms with E-state index < -0.39 is 11.5 Å². The molecule has 2 aromatic carbocycles. The number of rotatable bonds is 8. The molecule has 0 atom stereocenters. The van der Waals surface area contributed by atoms with Crippen LogP contribution in [0.3, 0.4) is 0 Å². The largest absolute Gasteiger partial charge is 0.465 e. The summed E-state index contributed by atoms with van der Waals surface area (Å²) in [6.45, 7) is 5.40. The fourth-order valence-corrected chi connectivity index (χ4v) is 3.20. The standard InChI is InChI=1S/C20H23ClN2O3S/c1-4-26-19(25)20(2,3)22-13-18(24)23-16-7-5-6-8-17(16)27-15-11-9-14(21)10-12-15/h5-12,22H,4,13H2,1-3H3,(H,23,24). The van der Waals surface area contributed by atoms with E-state index in [1.807, 2.05) is 48.5 Å². The predicted octanol–water partition coefficient (Wildman–Crippen LogP) is 4.36. The van der Waals surface area contributed by atoms with Crippen LogP contribution in [-0.4, -0.2) is 30.6 Å². The van der Waals surface area contributed by atoms with Crippen LogP contribution in [0.25, 0.3) is 0 Å². The van der Waals surface area contributed by atoms with Crippen LogP contribution in [0.5, 0.6) is 0 Å². The number of carbonyl (C=O) groups is 2. The van der Waals surface area contributed by atoms with Crippen molar-refractivity contribution in [2.75, 3.05) is 18.5 Å². The Morgan fingerprint density at radius 2 is 1.78 bits per heavy atom. The molecule has 0 saturated heterocycles. The first-order chi connectivity index (χ1) is 12.8. The molecule has 0 saturated carbocycles. The number of amides is 1. The van der Waals surface area contributed by atoms with Gasteiger partial charge in [0.15, 0.2) is 0 Å². The van der Waals surface area contributed by atoms with Gasteiger partial charge in [-0.15, -0.1) is 0 Å². The van der Waals surface area contributed by atoms with E-state index in [0.29, 0.717) is 17.3 Å². The summed E-state index contributed by atoms with van der Waals surface area (Å²) in [5, 5.41) is 6.49. The van der Waals surface area contributed by atoms with Gasteiger partial charge in [0.05, 0.1) is 18.8 Å². The van der Waals surface area contributed by atoms with Crippen molar-refractivity contribution in [3.63, 3.8) is 0 Å². The number of benzene rings is 2. The van der Waals surface area contributed by atoms with Crippen molar-refractivity contribution in [1.29, 1.82) is 0 Å². The molecule has 7 heteroatoms. The lowest BCUT2D eigenvalue weighted by molar-refractivity contribution is -0.149. The minimum absolute atomic E-state index is 0.00817. The van der Waals surface area contributed by atoms with E-state index in [0.717, 1.165) is 9.79 Å². The zero-order valence-electron chi connectivity index (χ0n) is 15.5. The van der Waals surface area contributed by atoms with Crippen molar-refractivity contribution in [1.82, 2.24) is 5.32 Å². The summed E-state index contributed by atoms with van der Waals surface area (Å²) in [4.78, 5) is 26.2. The normalized spacial score (nSPS) is 11.1. The predicted molar refractivity (Wildman–Crippen MR) is 109 cm³/mol. The highest BCUT2D eigenvalue weighted by Gasteiger charge is 2.29. The van der Waals surface area contributed by atoms with Crippen LogP contribution in [-0.2, 0) is 14.3 Å². The van der Waals surface area contributed by atoms with Gasteiger partial charge in [0.25, 0.3) is 0 Å². The number of hydrogen-bond acceptors (Lipinski definition) is 5. The van der Waals surface area contributed by atoms with Crippen molar-refractivity contribution in [3.8, 4) is 0 Å². The molecule has 2 rings (SSSR count). The van der Waals surface area contributed by atoms with Crippen molar-refractivity contribution >= 4 is 40.9 Å². The number of hydrogen-bond donors (Lipinski definition) is 2. The molecule has 0 aromatic heterocycles. The Morgan fingerprint density at radius 3 is 2.44 bits per heavy atom. The lowest BCUT2D eigenvalue weighted by Gasteiger charge is -2.23. The second kappa shape index (κ2) is 9.78. The number of halogens is 1. The first-order valence-corrected chi connectivity index (χ1v) is 9.76. The molecule has 0 aliphatic heterocycles. The number of ether oxygens (including phenoxy) is 1. The molecule has 0 aliphatic carbocycles. The second-order valence-electron chi connectivity index (χ2n) is 6.30. The quantitative estimate of drug-likeness (QED) is 0.637. The Kier molecular flexibility index (Phi) is 7.71. The molecule has 0 bridgehead atoms. The lowest BCUT2D eigenvalue weighted by Crippen LogP contribution is -2.50. The smallest absolute Gasteiger partial charge is 0.325 e. The van der Waals surface area contributed by atoms with E-state index in [4.69, 9.17) is 16.3 Å². The number of esters is 1. The summed E-state index contributed by atoms with van der Waals surface area (Å²) >= 11 is 7.45. The van der Waals surface area contributed by atoms with Gasteiger partial charge in [-0.25, -0.2) is 0 Å². The van der Waals surface area contributed by atoms with Crippen LogP contribution in [0.15, 0.2) is 58.3 Å². The Morgan fingerprint density at radius 1 is 1.11 bits per heavy atom. The highest BCUT2D eigenvalue weighted by molar-refractivity contribution is 7.99. The van der Waals surface area contributed by atoms with E-state index in [1.165, 1.54) is 11.8 Å². The van der Waals surface area contributed by atoms with Gasteiger partial charge in [-0.3, -0.25) is 14.9 Å². The molecular formula is C20H23ClN2O3S. The molecule has 144 valence electrons. The summed E-state index contributed by atoms with van der Waals surface area (Å²) in [7, 11) is 0. The topological polar surface area (TPSA) is 67.4 Å². The Bertz CT molecular complexity index is 794. The van der Waals surface area contributed by atoms with Crippen molar-refractivity contribution in [2.24, 2.45) is 0 Å². The SMILES string of the molecule is CCOC(=O)C(C)(C)NCC(=O)Nc1ccccc1Sc1ccc(Cl)cc1. The summed E-state index contributed by atoms with van der Waals surface area (Å²) in [5.74, 6) is -0.631. The van der Waals surface area contributed by atoms with E-state index in [-0.39, 0.29) is 12.5 Å². The molecule has 0 fully saturated rings. The minimum Gasteiger partial charge on any atom is -0.465 e. The van der Waals surface area contributed by atoms with Gasteiger partial charge in [-0.1, -0.05) is 35.5 Å². The summed E-state index contributed by atoms with van der Waals surface area (Å²) in [6, 6.07) is 15.0. The molecule has 5 nitrogen and oxygen atoms in total. The second-order valence-corrected chi connectivity index (χ2v) is 7.85. The third kappa shape index (κ3) is 6.57. The average molecular weight is 407 g/mol. The molecule has 0 unspecified atom stereocenters. The van der Waals surface area contributed by atoms with Crippen molar-refractivity contribution in [2.45, 2.75) is 36.1 Å². The maximum Gasteiger partial charge on any atom is 0.325 e. The molecular weight excluding hydrogens is 384 g/mol. The lowest BCUT2D eigenvalue weighted by atomic mass is 10.1. The van der Waals surface area contributed by atoms with Gasteiger partial charge in [-0.2, -0.15) is 0 Å². The van der Waals surface area contributed by atoms with Crippen LogP contribution >= 0.6 is 23.4 Å². The fourth-order valence-electron chi connectivity index (χ4n) is 2.17. The molecule has 27 heavy (non-hydrogen) atoms. The Balaban J connectivity index is 1.99. The van der Waals surface area contributed by atoms with E-state index >= 15 is 0 Å². The fraction of sp³-hybridized carbons (Fsp3) is 0.300. The molecule has 0 aliphatic rings. The molecule has 0 radical (unpaired) electrons. The summed E-state index contributed by atoms with van der Waals surface area (Å²) in [5.41, 5.74) is -0.233. The molecule has 2 N–H and O–H groups in total. The first-order valence-electron chi connectivity index (χ1n) is 8.56. The highest BCUT2D eigenvalue weighted by Crippen LogP contribution is 2.33. The van der Waals surface area contributed by atoms with Gasteiger partial charge < -0.3 is 10.1 Å². The maximum atomic E-state index is 12.3. The third-order valence-corrected chi connectivity index (χ3v) is 5.01. The van der Waals surface area contributed by atoms with E-state index in [2.05, 4.69) is 10.6 Å². The number of carbonyl (C=O) groups excluding carboxylic acids is 2. The molecule has 0 heterocycles. The van der Waals surface area contributed by atoms with Gasteiger partial charge in [-0.05, 0) is 57.2 Å². The van der Waals surface area contributed by atoms with E-state index in [9.17, 15) is 9.59 Å². The van der Waals surface area contributed by atoms with Crippen molar-refractivity contribution in [3.05, 3.63) is 53.6 Å². The zero-order chi connectivity index (χ0) is 19.9.